The molecule has 1 aromatic rings. The second-order valence-corrected chi connectivity index (χ2v) is 5.09. The highest BCUT2D eigenvalue weighted by molar-refractivity contribution is 6.31. The zero-order valence-electron chi connectivity index (χ0n) is 9.92. The van der Waals surface area contributed by atoms with Crippen LogP contribution >= 0.6 is 11.6 Å². The van der Waals surface area contributed by atoms with Crippen molar-refractivity contribution in [2.24, 2.45) is 0 Å². The van der Waals surface area contributed by atoms with Crippen molar-refractivity contribution in [3.05, 3.63) is 34.9 Å². The molecule has 0 bridgehead atoms. The topological polar surface area (TPSA) is 26.3 Å². The van der Waals surface area contributed by atoms with Gasteiger partial charge in [0.2, 0.25) is 0 Å². The van der Waals surface area contributed by atoms with Crippen molar-refractivity contribution in [1.29, 1.82) is 0 Å². The standard InChI is InChI=1S/C13H17ClO2/c1-13(2,3)16-12(15)9-8-10-6-4-5-7-11(10)14/h4-7H,8-9H2,1-3H3. The monoisotopic (exact) mass is 240 g/mol. The number of benzene rings is 1. The van der Waals surface area contributed by atoms with Gasteiger partial charge in [0, 0.05) is 11.4 Å². The van der Waals surface area contributed by atoms with Crippen molar-refractivity contribution < 1.29 is 9.53 Å². The Labute approximate surface area is 102 Å². The minimum atomic E-state index is -0.419. The number of carbonyl (C=O) groups is 1. The van der Waals surface area contributed by atoms with Crippen LogP contribution in [-0.4, -0.2) is 11.6 Å². The smallest absolute Gasteiger partial charge is 0.306 e. The Morgan fingerprint density at radius 1 is 1.31 bits per heavy atom. The number of ether oxygens (including phenoxy) is 1. The molecule has 0 aromatic heterocycles. The fraction of sp³-hybridized carbons (Fsp3) is 0.462. The Bertz CT molecular complexity index is 366. The van der Waals surface area contributed by atoms with Crippen molar-refractivity contribution in [2.75, 3.05) is 0 Å². The van der Waals surface area contributed by atoms with Crippen molar-refractivity contribution in [1.82, 2.24) is 0 Å². The highest BCUT2D eigenvalue weighted by atomic mass is 35.5. The molecule has 0 amide bonds. The molecule has 16 heavy (non-hydrogen) atoms. The lowest BCUT2D eigenvalue weighted by Crippen LogP contribution is -2.24. The molecule has 0 radical (unpaired) electrons. The number of esters is 1. The average Bonchev–Trinajstić information content (AvgIpc) is 2.14. The number of hydrogen-bond acceptors (Lipinski definition) is 2. The maximum Gasteiger partial charge on any atom is 0.306 e. The van der Waals surface area contributed by atoms with Crippen molar-refractivity contribution in [3.63, 3.8) is 0 Å². The molecule has 0 heterocycles. The normalized spacial score (nSPS) is 11.2. The van der Waals surface area contributed by atoms with E-state index in [1.165, 1.54) is 0 Å². The van der Waals surface area contributed by atoms with Crippen LogP contribution in [0.5, 0.6) is 0 Å². The Kier molecular flexibility index (Phi) is 4.36. The van der Waals surface area contributed by atoms with E-state index in [2.05, 4.69) is 0 Å². The third-order valence-electron chi connectivity index (χ3n) is 1.98. The van der Waals surface area contributed by atoms with Gasteiger partial charge in [0.25, 0.3) is 0 Å². The Morgan fingerprint density at radius 3 is 2.50 bits per heavy atom. The Morgan fingerprint density at radius 2 is 1.94 bits per heavy atom. The number of rotatable bonds is 3. The summed E-state index contributed by atoms with van der Waals surface area (Å²) in [5.41, 5.74) is 0.562. The molecule has 0 unspecified atom stereocenters. The summed E-state index contributed by atoms with van der Waals surface area (Å²) in [6, 6.07) is 7.54. The summed E-state index contributed by atoms with van der Waals surface area (Å²) in [5.74, 6) is -0.188. The summed E-state index contributed by atoms with van der Waals surface area (Å²) in [6.45, 7) is 5.58. The zero-order valence-corrected chi connectivity index (χ0v) is 10.7. The van der Waals surface area contributed by atoms with Gasteiger partial charge in [-0.2, -0.15) is 0 Å². The molecule has 0 aliphatic heterocycles. The summed E-state index contributed by atoms with van der Waals surface area (Å²) >= 11 is 5.99. The molecule has 1 aromatic carbocycles. The molecule has 0 aliphatic carbocycles. The first-order chi connectivity index (χ1) is 7.38. The van der Waals surface area contributed by atoms with E-state index in [-0.39, 0.29) is 5.97 Å². The summed E-state index contributed by atoms with van der Waals surface area (Å²) in [6.07, 6.45) is 0.982. The number of aryl methyl sites for hydroxylation is 1. The van der Waals surface area contributed by atoms with Gasteiger partial charge in [0.05, 0.1) is 0 Å². The van der Waals surface area contributed by atoms with Crippen LogP contribution < -0.4 is 0 Å². The van der Waals surface area contributed by atoms with E-state index < -0.39 is 5.60 Å². The van der Waals surface area contributed by atoms with Crippen LogP contribution in [0.15, 0.2) is 24.3 Å². The molecule has 0 spiro atoms. The molecular formula is C13H17ClO2. The number of halogens is 1. The van der Waals surface area contributed by atoms with E-state index >= 15 is 0 Å². The van der Waals surface area contributed by atoms with Crippen LogP contribution in [0.25, 0.3) is 0 Å². The minimum absolute atomic E-state index is 0.188. The Hall–Kier alpha value is -1.02. The molecule has 0 aliphatic rings. The maximum atomic E-state index is 11.5. The largest absolute Gasteiger partial charge is 0.460 e. The molecule has 1 rings (SSSR count). The third kappa shape index (κ3) is 4.67. The predicted octanol–water partition coefficient (Wildman–Crippen LogP) is 3.61. The van der Waals surface area contributed by atoms with E-state index in [1.807, 2.05) is 45.0 Å². The highest BCUT2D eigenvalue weighted by Gasteiger charge is 2.16. The lowest BCUT2D eigenvalue weighted by molar-refractivity contribution is -0.154. The quantitative estimate of drug-likeness (QED) is 0.755. The minimum Gasteiger partial charge on any atom is -0.460 e. The van der Waals surface area contributed by atoms with Gasteiger partial charge in [0.1, 0.15) is 5.60 Å². The van der Waals surface area contributed by atoms with Crippen molar-refractivity contribution in [2.45, 2.75) is 39.2 Å². The van der Waals surface area contributed by atoms with Gasteiger partial charge in [-0.1, -0.05) is 29.8 Å². The van der Waals surface area contributed by atoms with Gasteiger partial charge in [-0.15, -0.1) is 0 Å². The van der Waals surface area contributed by atoms with Gasteiger partial charge in [-0.3, -0.25) is 4.79 Å². The third-order valence-corrected chi connectivity index (χ3v) is 2.35. The molecular weight excluding hydrogens is 224 g/mol. The maximum absolute atomic E-state index is 11.5. The van der Waals surface area contributed by atoms with Gasteiger partial charge in [0.15, 0.2) is 0 Å². The van der Waals surface area contributed by atoms with E-state index in [0.29, 0.717) is 17.9 Å². The molecule has 2 nitrogen and oxygen atoms in total. The second kappa shape index (κ2) is 5.35. The van der Waals surface area contributed by atoms with E-state index in [1.54, 1.807) is 0 Å². The molecule has 0 fully saturated rings. The first kappa shape index (κ1) is 13.0. The lowest BCUT2D eigenvalue weighted by Gasteiger charge is -2.19. The molecule has 0 saturated carbocycles. The molecule has 0 saturated heterocycles. The zero-order chi connectivity index (χ0) is 12.2. The Balaban J connectivity index is 2.47. The van der Waals surface area contributed by atoms with Crippen LogP contribution in [0.1, 0.15) is 32.8 Å². The van der Waals surface area contributed by atoms with Gasteiger partial charge in [-0.25, -0.2) is 0 Å². The van der Waals surface area contributed by atoms with Gasteiger partial charge in [-0.05, 0) is 38.8 Å². The summed E-state index contributed by atoms with van der Waals surface area (Å²) in [4.78, 5) is 11.5. The van der Waals surface area contributed by atoms with E-state index in [0.717, 1.165) is 5.56 Å². The number of carbonyl (C=O) groups excluding carboxylic acids is 1. The summed E-state index contributed by atoms with van der Waals surface area (Å²) < 4.78 is 5.22. The van der Waals surface area contributed by atoms with E-state index in [4.69, 9.17) is 16.3 Å². The fourth-order valence-corrected chi connectivity index (χ4v) is 1.56. The first-order valence-corrected chi connectivity index (χ1v) is 5.71. The van der Waals surface area contributed by atoms with Crippen LogP contribution in [0.4, 0.5) is 0 Å². The predicted molar refractivity (Wildman–Crippen MR) is 65.6 cm³/mol. The molecule has 0 atom stereocenters. The van der Waals surface area contributed by atoms with Crippen LogP contribution in [0, 0.1) is 0 Å². The van der Waals surface area contributed by atoms with Gasteiger partial charge < -0.3 is 4.74 Å². The van der Waals surface area contributed by atoms with E-state index in [9.17, 15) is 4.79 Å². The van der Waals surface area contributed by atoms with Crippen LogP contribution in [0.3, 0.4) is 0 Å². The average molecular weight is 241 g/mol. The SMILES string of the molecule is CC(C)(C)OC(=O)CCc1ccccc1Cl. The van der Waals surface area contributed by atoms with Gasteiger partial charge >= 0.3 is 5.97 Å². The number of hydrogen-bond donors (Lipinski definition) is 0. The van der Waals surface area contributed by atoms with Crippen molar-refractivity contribution >= 4 is 17.6 Å². The first-order valence-electron chi connectivity index (χ1n) is 5.34. The summed E-state index contributed by atoms with van der Waals surface area (Å²) in [5, 5.41) is 0.700. The molecule has 3 heteroatoms. The highest BCUT2D eigenvalue weighted by Crippen LogP contribution is 2.17. The lowest BCUT2D eigenvalue weighted by atomic mass is 10.1. The van der Waals surface area contributed by atoms with Crippen LogP contribution in [0.2, 0.25) is 5.02 Å². The molecule has 0 N–H and O–H groups in total. The second-order valence-electron chi connectivity index (χ2n) is 4.68. The fourth-order valence-electron chi connectivity index (χ4n) is 1.33. The summed E-state index contributed by atoms with van der Waals surface area (Å²) in [7, 11) is 0. The van der Waals surface area contributed by atoms with Crippen LogP contribution in [-0.2, 0) is 16.0 Å². The van der Waals surface area contributed by atoms with Crippen molar-refractivity contribution in [3.8, 4) is 0 Å². The molecule has 88 valence electrons.